The minimum absolute atomic E-state index is 0.247. The molecular weight excluding hydrogens is 388 g/mol. The van der Waals surface area contributed by atoms with Crippen molar-refractivity contribution in [3.05, 3.63) is 47.7 Å². The molecule has 2 fully saturated rings. The molecule has 2 saturated heterocycles. The minimum Gasteiger partial charge on any atom is -0.379 e. The second-order valence-corrected chi connectivity index (χ2v) is 9.50. The summed E-state index contributed by atoms with van der Waals surface area (Å²) < 4.78 is 32.2. The number of sulfonamides is 1. The molecule has 3 heterocycles. The molecule has 7 nitrogen and oxygen atoms in total. The monoisotopic (exact) mass is 416 g/mol. The number of pyridine rings is 1. The normalized spacial score (nSPS) is 18.8. The van der Waals surface area contributed by atoms with Gasteiger partial charge in [-0.2, -0.15) is 4.31 Å². The number of piperazine rings is 1. The van der Waals surface area contributed by atoms with Crippen LogP contribution in [0.15, 0.2) is 41.4 Å². The summed E-state index contributed by atoms with van der Waals surface area (Å²) in [4.78, 5) is 9.34. The summed E-state index contributed by atoms with van der Waals surface area (Å²) in [7, 11) is -3.50. The maximum Gasteiger partial charge on any atom is 0.244 e. The highest BCUT2D eigenvalue weighted by Crippen LogP contribution is 2.25. The fourth-order valence-corrected chi connectivity index (χ4v) is 5.26. The molecule has 0 spiro atoms. The van der Waals surface area contributed by atoms with Crippen LogP contribution in [0.5, 0.6) is 0 Å². The van der Waals surface area contributed by atoms with Gasteiger partial charge in [0, 0.05) is 51.2 Å². The number of nitrogens with zero attached hydrogens (tertiary/aromatic N) is 4. The molecule has 0 unspecified atom stereocenters. The Morgan fingerprint density at radius 3 is 2.24 bits per heavy atom. The summed E-state index contributed by atoms with van der Waals surface area (Å²) in [6, 6.07) is 9.93. The standard InChI is InChI=1S/C21H28N4O3S/c1-17-4-3-5-20(18(17)2)23-8-10-24(11-9-23)21-7-6-19(16-22-21)29(26,27)25-12-14-28-15-13-25/h3-7,16H,8-15H2,1-2H3. The predicted molar refractivity (Wildman–Crippen MR) is 114 cm³/mol. The van der Waals surface area contributed by atoms with E-state index in [1.165, 1.54) is 27.3 Å². The SMILES string of the molecule is Cc1cccc(N2CCN(c3ccc(S(=O)(=O)N4CCOCC4)cn3)CC2)c1C. The predicted octanol–water partition coefficient (Wildman–Crippen LogP) is 2.05. The van der Waals surface area contributed by atoms with Gasteiger partial charge in [0.2, 0.25) is 10.0 Å². The Hall–Kier alpha value is -2.16. The van der Waals surface area contributed by atoms with Gasteiger partial charge < -0.3 is 14.5 Å². The van der Waals surface area contributed by atoms with E-state index in [-0.39, 0.29) is 4.90 Å². The van der Waals surface area contributed by atoms with Crippen LogP contribution >= 0.6 is 0 Å². The van der Waals surface area contributed by atoms with Crippen molar-refractivity contribution in [2.45, 2.75) is 18.7 Å². The van der Waals surface area contributed by atoms with E-state index in [2.05, 4.69) is 46.8 Å². The van der Waals surface area contributed by atoms with Gasteiger partial charge in [0.1, 0.15) is 10.7 Å². The highest BCUT2D eigenvalue weighted by atomic mass is 32.2. The number of rotatable bonds is 4. The van der Waals surface area contributed by atoms with Crippen LogP contribution < -0.4 is 9.80 Å². The lowest BCUT2D eigenvalue weighted by atomic mass is 10.1. The van der Waals surface area contributed by atoms with Gasteiger partial charge in [-0.1, -0.05) is 12.1 Å². The Morgan fingerprint density at radius 1 is 0.897 bits per heavy atom. The molecule has 29 heavy (non-hydrogen) atoms. The number of benzene rings is 1. The number of hydrogen-bond donors (Lipinski definition) is 0. The van der Waals surface area contributed by atoms with Crippen LogP contribution in [0.2, 0.25) is 0 Å². The third kappa shape index (κ3) is 4.10. The Labute approximate surface area is 172 Å². The average molecular weight is 417 g/mol. The van der Waals surface area contributed by atoms with Crippen molar-refractivity contribution in [3.63, 3.8) is 0 Å². The molecule has 0 amide bonds. The van der Waals surface area contributed by atoms with E-state index in [0.717, 1.165) is 32.0 Å². The molecule has 1 aromatic heterocycles. The highest BCUT2D eigenvalue weighted by Gasteiger charge is 2.27. The van der Waals surface area contributed by atoms with Crippen molar-refractivity contribution in [1.29, 1.82) is 0 Å². The molecule has 2 aliphatic rings. The number of aromatic nitrogens is 1. The van der Waals surface area contributed by atoms with Gasteiger partial charge in [-0.05, 0) is 43.2 Å². The van der Waals surface area contributed by atoms with E-state index in [1.54, 1.807) is 6.07 Å². The zero-order valence-electron chi connectivity index (χ0n) is 17.0. The maximum atomic E-state index is 12.7. The lowest BCUT2D eigenvalue weighted by Crippen LogP contribution is -2.47. The first-order chi connectivity index (χ1) is 14.0. The fourth-order valence-electron chi connectivity index (χ4n) is 3.90. The molecule has 0 radical (unpaired) electrons. The van der Waals surface area contributed by atoms with Gasteiger partial charge in [-0.3, -0.25) is 0 Å². The summed E-state index contributed by atoms with van der Waals surface area (Å²) in [6.07, 6.45) is 1.48. The van der Waals surface area contributed by atoms with Gasteiger partial charge in [-0.25, -0.2) is 13.4 Å². The Balaban J connectivity index is 1.42. The van der Waals surface area contributed by atoms with Crippen molar-refractivity contribution >= 4 is 21.5 Å². The minimum atomic E-state index is -3.50. The van der Waals surface area contributed by atoms with Crippen LogP contribution in [0.3, 0.4) is 0 Å². The summed E-state index contributed by atoms with van der Waals surface area (Å²) in [6.45, 7) is 9.53. The molecule has 0 saturated carbocycles. The van der Waals surface area contributed by atoms with Crippen LogP contribution in [-0.4, -0.2) is 70.2 Å². The number of ether oxygens (including phenoxy) is 1. The van der Waals surface area contributed by atoms with Crippen LogP contribution in [0, 0.1) is 13.8 Å². The zero-order valence-corrected chi connectivity index (χ0v) is 17.9. The van der Waals surface area contributed by atoms with Crippen molar-refractivity contribution in [3.8, 4) is 0 Å². The quantitative estimate of drug-likeness (QED) is 0.760. The first-order valence-electron chi connectivity index (χ1n) is 10.1. The number of aryl methyl sites for hydroxylation is 1. The fraction of sp³-hybridized carbons (Fsp3) is 0.476. The molecule has 0 aliphatic carbocycles. The molecular formula is C21H28N4O3S. The summed E-state index contributed by atoms with van der Waals surface area (Å²) in [5.41, 5.74) is 3.94. The average Bonchev–Trinajstić information content (AvgIpc) is 2.76. The maximum absolute atomic E-state index is 12.7. The van der Waals surface area contributed by atoms with Gasteiger partial charge in [0.25, 0.3) is 0 Å². The molecule has 156 valence electrons. The first-order valence-corrected chi connectivity index (χ1v) is 11.5. The Kier molecular flexibility index (Phi) is 5.76. The third-order valence-corrected chi connectivity index (χ3v) is 7.73. The van der Waals surface area contributed by atoms with E-state index in [1.807, 2.05) is 6.07 Å². The number of hydrogen-bond acceptors (Lipinski definition) is 6. The molecule has 2 aliphatic heterocycles. The van der Waals surface area contributed by atoms with Crippen LogP contribution in [0.1, 0.15) is 11.1 Å². The lowest BCUT2D eigenvalue weighted by Gasteiger charge is -2.37. The van der Waals surface area contributed by atoms with E-state index >= 15 is 0 Å². The Morgan fingerprint density at radius 2 is 1.59 bits per heavy atom. The lowest BCUT2D eigenvalue weighted by molar-refractivity contribution is 0.0730. The van der Waals surface area contributed by atoms with Crippen molar-refractivity contribution in [2.24, 2.45) is 0 Å². The molecule has 4 rings (SSSR count). The van der Waals surface area contributed by atoms with Crippen molar-refractivity contribution in [2.75, 3.05) is 62.3 Å². The van der Waals surface area contributed by atoms with Crippen LogP contribution in [0.4, 0.5) is 11.5 Å². The second kappa shape index (κ2) is 8.30. The summed E-state index contributed by atoms with van der Waals surface area (Å²) in [5, 5.41) is 0. The first kappa shape index (κ1) is 20.1. The van der Waals surface area contributed by atoms with Gasteiger partial charge >= 0.3 is 0 Å². The van der Waals surface area contributed by atoms with E-state index in [9.17, 15) is 8.42 Å². The van der Waals surface area contributed by atoms with Gasteiger partial charge in [0.15, 0.2) is 0 Å². The smallest absolute Gasteiger partial charge is 0.244 e. The number of morpholine rings is 1. The summed E-state index contributed by atoms with van der Waals surface area (Å²) in [5.74, 6) is 0.826. The van der Waals surface area contributed by atoms with Crippen LogP contribution in [-0.2, 0) is 14.8 Å². The molecule has 0 bridgehead atoms. The Bertz CT molecular complexity index is 948. The van der Waals surface area contributed by atoms with E-state index in [4.69, 9.17) is 4.74 Å². The molecule has 1 aromatic carbocycles. The molecule has 8 heteroatoms. The van der Waals surface area contributed by atoms with Crippen LogP contribution in [0.25, 0.3) is 0 Å². The zero-order chi connectivity index (χ0) is 20.4. The second-order valence-electron chi connectivity index (χ2n) is 7.56. The van der Waals surface area contributed by atoms with E-state index in [0.29, 0.717) is 26.3 Å². The topological polar surface area (TPSA) is 66.0 Å². The molecule has 0 N–H and O–H groups in total. The third-order valence-electron chi connectivity index (χ3n) is 5.85. The largest absolute Gasteiger partial charge is 0.379 e. The summed E-state index contributed by atoms with van der Waals surface area (Å²) >= 11 is 0. The molecule has 0 atom stereocenters. The van der Waals surface area contributed by atoms with Gasteiger partial charge in [-0.15, -0.1) is 0 Å². The van der Waals surface area contributed by atoms with Crippen molar-refractivity contribution < 1.29 is 13.2 Å². The number of anilines is 2. The van der Waals surface area contributed by atoms with Gasteiger partial charge in [0.05, 0.1) is 13.2 Å². The van der Waals surface area contributed by atoms with E-state index < -0.39 is 10.0 Å². The molecule has 2 aromatic rings. The van der Waals surface area contributed by atoms with Crippen molar-refractivity contribution in [1.82, 2.24) is 9.29 Å². The highest BCUT2D eigenvalue weighted by molar-refractivity contribution is 7.89.